The summed E-state index contributed by atoms with van der Waals surface area (Å²) < 4.78 is 0. The van der Waals surface area contributed by atoms with Gasteiger partial charge in [-0.25, -0.2) is 19.9 Å². The van der Waals surface area contributed by atoms with Crippen LogP contribution in [0, 0.1) is 25.5 Å². The molecule has 0 saturated heterocycles. The molecule has 0 bridgehead atoms. The Bertz CT molecular complexity index is 4150. The fourth-order valence-corrected chi connectivity index (χ4v) is 11.9. The Morgan fingerprint density at radius 3 is 0.798 bits per heavy atom. The second kappa shape index (κ2) is 32.0. The monoisotopic (exact) mass is 1750 g/mol. The normalized spacial score (nSPS) is 13.2. The van der Waals surface area contributed by atoms with E-state index in [1.807, 2.05) is 73.1 Å². The van der Waals surface area contributed by atoms with E-state index in [-0.39, 0.29) is 97.2 Å². The molecule has 0 unspecified atom stereocenters. The molecular formula is C92H112N8O2Pt2. The zero-order valence-electron chi connectivity index (χ0n) is 66.6. The van der Waals surface area contributed by atoms with Crippen LogP contribution in [0.25, 0.3) is 44.8 Å². The molecule has 552 valence electrons. The topological polar surface area (TPSA) is 105 Å². The van der Waals surface area contributed by atoms with E-state index in [0.717, 1.165) is 68.0 Å². The van der Waals surface area contributed by atoms with Gasteiger partial charge in [-0.05, 0) is 162 Å². The molecule has 0 aliphatic carbocycles. The summed E-state index contributed by atoms with van der Waals surface area (Å²) in [4.78, 5) is 26.6. The van der Waals surface area contributed by atoms with Crippen molar-refractivity contribution in [2.24, 2.45) is 0 Å². The van der Waals surface area contributed by atoms with E-state index in [1.54, 1.807) is 12.1 Å². The largest absolute Gasteiger partial charge is 2.00 e. The number of benzene rings is 6. The van der Waals surface area contributed by atoms with E-state index in [9.17, 15) is 10.2 Å². The van der Waals surface area contributed by atoms with Gasteiger partial charge in [0.05, 0.1) is 22.8 Å². The van der Waals surface area contributed by atoms with Crippen molar-refractivity contribution < 1.29 is 52.3 Å². The molecular weight excluding hydrogens is 1640 g/mol. The molecule has 6 aromatic carbocycles. The van der Waals surface area contributed by atoms with Crippen molar-refractivity contribution in [2.45, 2.75) is 209 Å². The third-order valence-electron chi connectivity index (χ3n) is 18.8. The maximum atomic E-state index is 9.62. The predicted molar refractivity (Wildman–Crippen MR) is 432 cm³/mol. The van der Waals surface area contributed by atoms with Crippen LogP contribution in [0.5, 0.6) is 11.8 Å². The SMILES string of the molecule is CC(C)(C)c1cc(-c2cccc(O)n2)cc(C(C)(C)C)c1.CC(C)(C)c1cc(-c2cccc(O)n2)cc(C(C)(C)C)c1.CN1[CH-]N(c2[c-]cccc2)c2ncc(-c3cc(C(C)(C)C)cc(C(C)(C)C)c3)cc21.CN1[CH-]N(c2[c-]cccc2)c2ncc(-c3cc(C(C)(C)C)cc(C(C)(C)C)c3)cc21.[Pt+2].[Pt+2]. The van der Waals surface area contributed by atoms with Crippen LogP contribution in [0.3, 0.4) is 0 Å². The number of para-hydroxylation sites is 2. The van der Waals surface area contributed by atoms with Gasteiger partial charge in [-0.15, -0.1) is 11.4 Å². The number of nitrogens with zero attached hydrogens (tertiary/aromatic N) is 8. The summed E-state index contributed by atoms with van der Waals surface area (Å²) in [5.41, 5.74) is 23.9. The Labute approximate surface area is 653 Å². The number of anilines is 6. The fraction of sp³-hybridized carbons (Fsp3) is 0.370. The van der Waals surface area contributed by atoms with Gasteiger partial charge < -0.3 is 29.8 Å². The summed E-state index contributed by atoms with van der Waals surface area (Å²) in [5.74, 6) is 2.00. The van der Waals surface area contributed by atoms with Crippen LogP contribution >= 0.6 is 0 Å². The Balaban J connectivity index is 0.000000196. The molecule has 0 spiro atoms. The minimum Gasteiger partial charge on any atom is -0.502 e. The summed E-state index contributed by atoms with van der Waals surface area (Å²) in [6, 6.07) is 65.1. The van der Waals surface area contributed by atoms with Crippen molar-refractivity contribution in [2.75, 3.05) is 33.7 Å². The van der Waals surface area contributed by atoms with E-state index in [4.69, 9.17) is 9.97 Å². The van der Waals surface area contributed by atoms with Gasteiger partial charge in [0.1, 0.15) is 11.6 Å². The van der Waals surface area contributed by atoms with Gasteiger partial charge in [0.2, 0.25) is 11.8 Å². The molecule has 104 heavy (non-hydrogen) atoms. The van der Waals surface area contributed by atoms with Gasteiger partial charge in [0.25, 0.3) is 0 Å². The van der Waals surface area contributed by atoms with Crippen LogP contribution in [-0.4, -0.2) is 44.2 Å². The number of hydrogen-bond donors (Lipinski definition) is 2. The van der Waals surface area contributed by atoms with Crippen LogP contribution < -0.4 is 19.6 Å². The molecule has 10 aromatic rings. The molecule has 12 rings (SSSR count). The Hall–Kier alpha value is -7.90. The number of aromatic nitrogens is 4. The standard InChI is InChI=1S/2C27H31N3.2C19H25NO.2Pt/c2*1-26(2,3)21-13-19(14-22(16-21)27(4,5)6)20-15-24-25(28-17-20)30(18-29(24)7)23-11-9-8-10-12-23;2*1-18(2,3)14-10-13(11-15(12-14)19(4,5)6)16-8-7-9-17(21)20-16;;/h2*8-11,13-18H,1-7H3;2*7-12H,1-6H3,(H,20,21);;/q2*-2;;;2*+2. The van der Waals surface area contributed by atoms with Crippen LogP contribution in [0.4, 0.5) is 34.4 Å². The molecule has 2 aliphatic rings. The molecule has 0 fully saturated rings. The molecule has 12 heteroatoms. The van der Waals surface area contributed by atoms with Gasteiger partial charge >= 0.3 is 42.1 Å². The second-order valence-corrected chi connectivity index (χ2v) is 35.8. The van der Waals surface area contributed by atoms with Crippen molar-refractivity contribution in [3.8, 4) is 56.5 Å². The zero-order chi connectivity index (χ0) is 75.0. The summed E-state index contributed by atoms with van der Waals surface area (Å²) in [5, 5.41) is 19.2. The number of pyridine rings is 4. The van der Waals surface area contributed by atoms with Crippen LogP contribution in [0.1, 0.15) is 211 Å². The molecule has 0 amide bonds. The minimum absolute atomic E-state index is 0. The van der Waals surface area contributed by atoms with Crippen LogP contribution in [0.2, 0.25) is 0 Å². The molecule has 0 atom stereocenters. The van der Waals surface area contributed by atoms with E-state index in [1.165, 1.54) is 55.6 Å². The number of aromatic hydroxyl groups is 2. The summed E-state index contributed by atoms with van der Waals surface area (Å²) in [7, 11) is 4.14. The predicted octanol–water partition coefficient (Wildman–Crippen LogP) is 23.8. The molecule has 0 radical (unpaired) electrons. The van der Waals surface area contributed by atoms with Crippen molar-refractivity contribution in [1.29, 1.82) is 0 Å². The van der Waals surface area contributed by atoms with Gasteiger partial charge in [0.15, 0.2) is 0 Å². The maximum absolute atomic E-state index is 9.62. The Morgan fingerprint density at radius 1 is 0.308 bits per heavy atom. The number of hydrogen-bond acceptors (Lipinski definition) is 10. The van der Waals surface area contributed by atoms with Crippen LogP contribution in [-0.2, 0) is 85.5 Å². The van der Waals surface area contributed by atoms with Gasteiger partial charge in [-0.3, -0.25) is 0 Å². The fourth-order valence-electron chi connectivity index (χ4n) is 11.9. The van der Waals surface area contributed by atoms with Crippen molar-refractivity contribution >= 4 is 34.4 Å². The van der Waals surface area contributed by atoms with Gasteiger partial charge in [-0.2, -0.15) is 74.0 Å². The quantitative estimate of drug-likeness (QED) is 0.156. The van der Waals surface area contributed by atoms with Crippen LogP contribution in [0.15, 0.2) is 182 Å². The first-order valence-corrected chi connectivity index (χ1v) is 35.9. The Morgan fingerprint density at radius 2 is 0.567 bits per heavy atom. The minimum atomic E-state index is 0. The number of fused-ring (bicyclic) bond motifs is 2. The first-order chi connectivity index (χ1) is 47.2. The second-order valence-electron chi connectivity index (χ2n) is 35.8. The van der Waals surface area contributed by atoms with E-state index in [2.05, 4.69) is 332 Å². The molecule has 4 aromatic heterocycles. The Kier molecular flexibility index (Phi) is 25.7. The van der Waals surface area contributed by atoms with Crippen molar-refractivity contribution in [3.05, 3.63) is 252 Å². The number of rotatable bonds is 6. The first kappa shape index (κ1) is 83.4. The molecule has 0 saturated carbocycles. The van der Waals surface area contributed by atoms with E-state index in [0.29, 0.717) is 0 Å². The van der Waals surface area contributed by atoms with Crippen molar-refractivity contribution in [1.82, 2.24) is 19.9 Å². The van der Waals surface area contributed by atoms with E-state index < -0.39 is 0 Å². The third-order valence-corrected chi connectivity index (χ3v) is 18.8. The first-order valence-electron chi connectivity index (χ1n) is 35.9. The molecule has 10 nitrogen and oxygen atoms in total. The average Bonchev–Trinajstić information content (AvgIpc) is 1.42. The summed E-state index contributed by atoms with van der Waals surface area (Å²) in [6.07, 6.45) is 3.99. The maximum Gasteiger partial charge on any atom is 2.00 e. The molecule has 2 N–H and O–H groups in total. The smallest absolute Gasteiger partial charge is 0.502 e. The average molecular weight is 1750 g/mol. The third kappa shape index (κ3) is 20.8. The van der Waals surface area contributed by atoms with Crippen molar-refractivity contribution in [3.63, 3.8) is 0 Å². The molecule has 6 heterocycles. The zero-order valence-corrected chi connectivity index (χ0v) is 71.1. The summed E-state index contributed by atoms with van der Waals surface area (Å²) >= 11 is 0. The van der Waals surface area contributed by atoms with Gasteiger partial charge in [0, 0.05) is 46.8 Å². The van der Waals surface area contributed by atoms with Gasteiger partial charge in [-0.1, -0.05) is 227 Å². The van der Waals surface area contributed by atoms with E-state index >= 15 is 0 Å². The summed E-state index contributed by atoms with van der Waals surface area (Å²) in [6.45, 7) is 58.0. The molecule has 2 aliphatic heterocycles.